The molecule has 0 spiro atoms. The minimum absolute atomic E-state index is 0.0843. The average molecular weight is 336 g/mol. The highest BCUT2D eigenvalue weighted by Crippen LogP contribution is 2.23. The summed E-state index contributed by atoms with van der Waals surface area (Å²) in [7, 11) is 0. The monoisotopic (exact) mass is 336 g/mol. The van der Waals surface area contributed by atoms with Crippen molar-refractivity contribution in [2.45, 2.75) is 39.2 Å². The number of hydrogen-bond donors (Lipinski definition) is 1. The molecule has 3 nitrogen and oxygen atoms in total. The fourth-order valence-electron chi connectivity index (χ4n) is 3.54. The molecule has 0 saturated carbocycles. The first-order chi connectivity index (χ1) is 12.1. The zero-order chi connectivity index (χ0) is 17.6. The maximum absolute atomic E-state index is 12.5. The van der Waals surface area contributed by atoms with Gasteiger partial charge in [-0.1, -0.05) is 48.0 Å². The molecule has 1 amide bonds. The van der Waals surface area contributed by atoms with Crippen LogP contribution in [0.4, 0.5) is 5.69 Å². The first-order valence-electron chi connectivity index (χ1n) is 9.27. The van der Waals surface area contributed by atoms with Crippen molar-refractivity contribution in [1.82, 2.24) is 4.90 Å². The molecule has 3 heteroatoms. The summed E-state index contributed by atoms with van der Waals surface area (Å²) in [6.45, 7) is 6.06. The molecule has 3 rings (SSSR count). The Hall–Kier alpha value is -2.13. The summed E-state index contributed by atoms with van der Waals surface area (Å²) in [5.74, 6) is 0.816. The minimum atomic E-state index is -0.0843. The van der Waals surface area contributed by atoms with Crippen LogP contribution >= 0.6 is 0 Å². The third-order valence-corrected chi connectivity index (χ3v) is 5.26. The zero-order valence-corrected chi connectivity index (χ0v) is 15.2. The predicted molar refractivity (Wildman–Crippen MR) is 104 cm³/mol. The Morgan fingerprint density at radius 1 is 1.08 bits per heavy atom. The van der Waals surface area contributed by atoms with E-state index in [1.807, 2.05) is 38.1 Å². The maximum atomic E-state index is 12.5. The number of piperidine rings is 1. The molecule has 2 aromatic rings. The molecular weight excluding hydrogens is 308 g/mol. The molecule has 1 fully saturated rings. The van der Waals surface area contributed by atoms with Crippen LogP contribution in [-0.2, 0) is 11.2 Å². The molecule has 1 aliphatic heterocycles. The molecule has 2 aromatic carbocycles. The second kappa shape index (κ2) is 8.30. The lowest BCUT2D eigenvalue weighted by molar-refractivity contribution is -0.121. The molecule has 0 aromatic heterocycles. The summed E-state index contributed by atoms with van der Waals surface area (Å²) in [5.41, 5.74) is 3.50. The van der Waals surface area contributed by atoms with E-state index in [1.54, 1.807) is 0 Å². The van der Waals surface area contributed by atoms with Crippen LogP contribution in [0.25, 0.3) is 0 Å². The molecule has 1 unspecified atom stereocenters. The second-order valence-corrected chi connectivity index (χ2v) is 7.20. The van der Waals surface area contributed by atoms with Gasteiger partial charge in [-0.25, -0.2) is 0 Å². The number of nitrogens with one attached hydrogen (secondary N) is 1. The third kappa shape index (κ3) is 4.93. The first-order valence-corrected chi connectivity index (χ1v) is 9.27. The largest absolute Gasteiger partial charge is 0.325 e. The molecule has 1 saturated heterocycles. The van der Waals surface area contributed by atoms with Crippen molar-refractivity contribution in [3.63, 3.8) is 0 Å². The number of anilines is 1. The van der Waals surface area contributed by atoms with E-state index in [2.05, 4.69) is 40.5 Å². The standard InChI is InChI=1S/C22H28N2O/c1-17-8-10-21(11-9-17)23-22(25)18(2)24-14-12-20(13-15-24)16-19-6-4-3-5-7-19/h3-11,18,20H,12-16H2,1-2H3,(H,23,25). The molecule has 1 heterocycles. The van der Waals surface area contributed by atoms with E-state index in [1.165, 1.54) is 11.1 Å². The van der Waals surface area contributed by atoms with Gasteiger partial charge in [0.2, 0.25) is 5.91 Å². The van der Waals surface area contributed by atoms with Crippen LogP contribution in [0.1, 0.15) is 30.9 Å². The van der Waals surface area contributed by atoms with Crippen LogP contribution in [0, 0.1) is 12.8 Å². The van der Waals surface area contributed by atoms with E-state index in [-0.39, 0.29) is 11.9 Å². The lowest BCUT2D eigenvalue weighted by Gasteiger charge is -2.35. The normalized spacial score (nSPS) is 17.2. The highest BCUT2D eigenvalue weighted by atomic mass is 16.2. The van der Waals surface area contributed by atoms with Crippen LogP contribution in [0.15, 0.2) is 54.6 Å². The van der Waals surface area contributed by atoms with E-state index in [0.717, 1.165) is 44.0 Å². The minimum Gasteiger partial charge on any atom is -0.325 e. The van der Waals surface area contributed by atoms with E-state index in [4.69, 9.17) is 0 Å². The Labute approximate surface area is 151 Å². The molecule has 1 aliphatic rings. The average Bonchev–Trinajstić information content (AvgIpc) is 2.64. The van der Waals surface area contributed by atoms with Crippen LogP contribution < -0.4 is 5.32 Å². The van der Waals surface area contributed by atoms with Gasteiger partial charge < -0.3 is 5.32 Å². The summed E-state index contributed by atoms with van der Waals surface area (Å²) in [6, 6.07) is 18.6. The Morgan fingerprint density at radius 3 is 2.36 bits per heavy atom. The van der Waals surface area contributed by atoms with Gasteiger partial charge in [-0.15, -0.1) is 0 Å². The van der Waals surface area contributed by atoms with Crippen molar-refractivity contribution in [3.05, 3.63) is 65.7 Å². The molecule has 0 bridgehead atoms. The highest BCUT2D eigenvalue weighted by molar-refractivity contribution is 5.94. The fraction of sp³-hybridized carbons (Fsp3) is 0.409. The molecule has 25 heavy (non-hydrogen) atoms. The highest BCUT2D eigenvalue weighted by Gasteiger charge is 2.26. The topological polar surface area (TPSA) is 32.3 Å². The predicted octanol–water partition coefficient (Wildman–Crippen LogP) is 4.28. The first kappa shape index (κ1) is 17.7. The van der Waals surface area contributed by atoms with E-state index in [0.29, 0.717) is 0 Å². The fourth-order valence-corrected chi connectivity index (χ4v) is 3.54. The SMILES string of the molecule is Cc1ccc(NC(=O)C(C)N2CCC(Cc3ccccc3)CC2)cc1. The van der Waals surface area contributed by atoms with Crippen LogP contribution in [0.5, 0.6) is 0 Å². The molecule has 0 radical (unpaired) electrons. The van der Waals surface area contributed by atoms with Crippen molar-refractivity contribution in [3.8, 4) is 0 Å². The summed E-state index contributed by atoms with van der Waals surface area (Å²) in [4.78, 5) is 14.8. The third-order valence-electron chi connectivity index (χ3n) is 5.26. The lowest BCUT2D eigenvalue weighted by Crippen LogP contribution is -2.46. The van der Waals surface area contributed by atoms with Gasteiger partial charge >= 0.3 is 0 Å². The quantitative estimate of drug-likeness (QED) is 0.884. The van der Waals surface area contributed by atoms with Crippen LogP contribution in [0.3, 0.4) is 0 Å². The Bertz CT molecular complexity index is 673. The summed E-state index contributed by atoms with van der Waals surface area (Å²) in [5, 5.41) is 3.04. The van der Waals surface area contributed by atoms with Crippen molar-refractivity contribution >= 4 is 11.6 Å². The van der Waals surface area contributed by atoms with Gasteiger partial charge in [0.15, 0.2) is 0 Å². The number of amides is 1. The number of rotatable bonds is 5. The number of carbonyl (C=O) groups excluding carboxylic acids is 1. The molecule has 1 atom stereocenters. The lowest BCUT2D eigenvalue weighted by atomic mass is 9.89. The Kier molecular flexibility index (Phi) is 5.87. The molecular formula is C22H28N2O. The van der Waals surface area contributed by atoms with Crippen molar-refractivity contribution in [2.24, 2.45) is 5.92 Å². The van der Waals surface area contributed by atoms with Crippen molar-refractivity contribution in [2.75, 3.05) is 18.4 Å². The molecule has 0 aliphatic carbocycles. The summed E-state index contributed by atoms with van der Waals surface area (Å²) < 4.78 is 0. The van der Waals surface area contributed by atoms with Gasteiger partial charge in [-0.2, -0.15) is 0 Å². The van der Waals surface area contributed by atoms with Crippen LogP contribution in [0.2, 0.25) is 0 Å². The Balaban J connectivity index is 1.48. The maximum Gasteiger partial charge on any atom is 0.241 e. The number of likely N-dealkylation sites (tertiary alicyclic amines) is 1. The van der Waals surface area contributed by atoms with Gasteiger partial charge in [0, 0.05) is 5.69 Å². The molecule has 132 valence electrons. The van der Waals surface area contributed by atoms with E-state index >= 15 is 0 Å². The summed E-state index contributed by atoms with van der Waals surface area (Å²) in [6.07, 6.45) is 3.48. The van der Waals surface area contributed by atoms with Gasteiger partial charge in [-0.05, 0) is 69.8 Å². The number of hydrogen-bond acceptors (Lipinski definition) is 2. The number of carbonyl (C=O) groups is 1. The van der Waals surface area contributed by atoms with E-state index in [9.17, 15) is 4.79 Å². The van der Waals surface area contributed by atoms with Crippen molar-refractivity contribution < 1.29 is 4.79 Å². The smallest absolute Gasteiger partial charge is 0.241 e. The molecule has 1 N–H and O–H groups in total. The van der Waals surface area contributed by atoms with Crippen LogP contribution in [-0.4, -0.2) is 29.9 Å². The zero-order valence-electron chi connectivity index (χ0n) is 15.2. The number of benzene rings is 2. The van der Waals surface area contributed by atoms with Gasteiger partial charge in [0.25, 0.3) is 0 Å². The van der Waals surface area contributed by atoms with Gasteiger partial charge in [0.05, 0.1) is 6.04 Å². The Morgan fingerprint density at radius 2 is 1.72 bits per heavy atom. The number of nitrogens with zero attached hydrogens (tertiary/aromatic N) is 1. The second-order valence-electron chi connectivity index (χ2n) is 7.20. The van der Waals surface area contributed by atoms with Gasteiger partial charge in [-0.3, -0.25) is 9.69 Å². The van der Waals surface area contributed by atoms with Gasteiger partial charge in [0.1, 0.15) is 0 Å². The van der Waals surface area contributed by atoms with Crippen molar-refractivity contribution in [1.29, 1.82) is 0 Å². The van der Waals surface area contributed by atoms with E-state index < -0.39 is 0 Å². The number of aryl methyl sites for hydroxylation is 1. The summed E-state index contributed by atoms with van der Waals surface area (Å²) >= 11 is 0.